The van der Waals surface area contributed by atoms with Gasteiger partial charge in [-0.1, -0.05) is 13.8 Å². The molecular weight excluding hydrogens is 152 g/mol. The zero-order valence-corrected chi connectivity index (χ0v) is 7.92. The van der Waals surface area contributed by atoms with Crippen LogP contribution < -0.4 is 0 Å². The van der Waals surface area contributed by atoms with Crippen LogP contribution in [0.15, 0.2) is 10.5 Å². The van der Waals surface area contributed by atoms with E-state index in [1.165, 1.54) is 0 Å². The number of aliphatic hydroxyl groups is 1. The maximum Gasteiger partial charge on any atom is 0.109 e. The van der Waals surface area contributed by atoms with E-state index in [1.807, 2.05) is 13.0 Å². The topological polar surface area (TPSA) is 33.4 Å². The fourth-order valence-electron chi connectivity index (χ4n) is 1.29. The van der Waals surface area contributed by atoms with Gasteiger partial charge in [-0.15, -0.1) is 0 Å². The first-order valence-electron chi connectivity index (χ1n) is 4.32. The quantitative estimate of drug-likeness (QED) is 0.751. The summed E-state index contributed by atoms with van der Waals surface area (Å²) in [6.07, 6.45) is 0.906. The van der Waals surface area contributed by atoms with Crippen LogP contribution in [-0.4, -0.2) is 5.11 Å². The highest BCUT2D eigenvalue weighted by Gasteiger charge is 2.09. The smallest absolute Gasteiger partial charge is 0.109 e. The van der Waals surface area contributed by atoms with Crippen LogP contribution in [0, 0.1) is 12.8 Å². The van der Waals surface area contributed by atoms with Gasteiger partial charge in [-0.05, 0) is 18.9 Å². The summed E-state index contributed by atoms with van der Waals surface area (Å²) >= 11 is 0. The Morgan fingerprint density at radius 3 is 2.67 bits per heavy atom. The molecule has 1 heterocycles. The van der Waals surface area contributed by atoms with Gasteiger partial charge in [0.05, 0.1) is 6.61 Å². The van der Waals surface area contributed by atoms with E-state index in [2.05, 4.69) is 13.8 Å². The van der Waals surface area contributed by atoms with Crippen molar-refractivity contribution in [1.29, 1.82) is 0 Å². The van der Waals surface area contributed by atoms with E-state index in [0.717, 1.165) is 23.5 Å². The molecule has 1 aromatic heterocycles. The highest BCUT2D eigenvalue weighted by Crippen LogP contribution is 2.18. The molecule has 2 heteroatoms. The molecule has 0 spiro atoms. The van der Waals surface area contributed by atoms with E-state index in [0.29, 0.717) is 5.92 Å². The van der Waals surface area contributed by atoms with Gasteiger partial charge >= 0.3 is 0 Å². The zero-order chi connectivity index (χ0) is 9.14. The number of aliphatic hydroxyl groups excluding tert-OH is 1. The number of furan rings is 1. The van der Waals surface area contributed by atoms with E-state index >= 15 is 0 Å². The minimum atomic E-state index is 0.0827. The van der Waals surface area contributed by atoms with E-state index in [9.17, 15) is 0 Å². The molecule has 0 radical (unpaired) electrons. The van der Waals surface area contributed by atoms with Crippen molar-refractivity contribution in [1.82, 2.24) is 0 Å². The maximum absolute atomic E-state index is 8.98. The molecule has 12 heavy (non-hydrogen) atoms. The van der Waals surface area contributed by atoms with Crippen LogP contribution >= 0.6 is 0 Å². The first-order valence-corrected chi connectivity index (χ1v) is 4.32. The third kappa shape index (κ3) is 2.11. The Bertz CT molecular complexity index is 248. The van der Waals surface area contributed by atoms with Crippen molar-refractivity contribution in [3.8, 4) is 0 Å². The van der Waals surface area contributed by atoms with E-state index < -0.39 is 0 Å². The van der Waals surface area contributed by atoms with Crippen LogP contribution in [0.25, 0.3) is 0 Å². The normalized spacial score (nSPS) is 11.1. The second-order valence-corrected chi connectivity index (χ2v) is 3.56. The zero-order valence-electron chi connectivity index (χ0n) is 7.92. The molecule has 0 aliphatic carbocycles. The fourth-order valence-corrected chi connectivity index (χ4v) is 1.29. The van der Waals surface area contributed by atoms with Gasteiger partial charge in [0.15, 0.2) is 0 Å². The van der Waals surface area contributed by atoms with Gasteiger partial charge in [0, 0.05) is 12.0 Å². The molecule has 0 unspecified atom stereocenters. The van der Waals surface area contributed by atoms with Crippen LogP contribution in [0.5, 0.6) is 0 Å². The minimum absolute atomic E-state index is 0.0827. The van der Waals surface area contributed by atoms with Crippen molar-refractivity contribution in [2.75, 3.05) is 0 Å². The lowest BCUT2D eigenvalue weighted by Gasteiger charge is -2.02. The number of rotatable bonds is 3. The number of hydrogen-bond acceptors (Lipinski definition) is 2. The molecule has 0 aliphatic rings. The van der Waals surface area contributed by atoms with Gasteiger partial charge in [0.2, 0.25) is 0 Å². The fraction of sp³-hybridized carbons (Fsp3) is 0.600. The van der Waals surface area contributed by atoms with Crippen LogP contribution in [0.4, 0.5) is 0 Å². The summed E-state index contributed by atoms with van der Waals surface area (Å²) in [5.41, 5.74) is 0.932. The number of aryl methyl sites for hydroxylation is 1. The van der Waals surface area contributed by atoms with Gasteiger partial charge in [-0.2, -0.15) is 0 Å². The highest BCUT2D eigenvalue weighted by atomic mass is 16.3. The summed E-state index contributed by atoms with van der Waals surface area (Å²) in [4.78, 5) is 0. The van der Waals surface area contributed by atoms with Crippen molar-refractivity contribution in [3.05, 3.63) is 23.2 Å². The molecule has 1 N–H and O–H groups in total. The van der Waals surface area contributed by atoms with Gasteiger partial charge in [-0.3, -0.25) is 0 Å². The van der Waals surface area contributed by atoms with Gasteiger partial charge in [0.25, 0.3) is 0 Å². The Balaban J connectivity index is 2.81. The van der Waals surface area contributed by atoms with Crippen molar-refractivity contribution in [2.24, 2.45) is 5.92 Å². The standard InChI is InChI=1S/C10H16O2/c1-7(2)4-10-9(6-11)5-8(3)12-10/h5,7,11H,4,6H2,1-3H3. The predicted molar refractivity (Wildman–Crippen MR) is 47.9 cm³/mol. The van der Waals surface area contributed by atoms with E-state index in [1.54, 1.807) is 0 Å². The molecule has 1 aromatic rings. The maximum atomic E-state index is 8.98. The molecule has 0 bridgehead atoms. The van der Waals surface area contributed by atoms with Crippen LogP contribution in [0.2, 0.25) is 0 Å². The Kier molecular flexibility index (Phi) is 2.93. The Labute approximate surface area is 73.2 Å². The molecule has 0 atom stereocenters. The van der Waals surface area contributed by atoms with E-state index in [-0.39, 0.29) is 6.61 Å². The predicted octanol–water partition coefficient (Wildman–Crippen LogP) is 2.28. The summed E-state index contributed by atoms with van der Waals surface area (Å²) in [7, 11) is 0. The molecule has 0 aliphatic heterocycles. The van der Waals surface area contributed by atoms with Crippen LogP contribution in [0.3, 0.4) is 0 Å². The second kappa shape index (κ2) is 3.76. The lowest BCUT2D eigenvalue weighted by atomic mass is 10.1. The summed E-state index contributed by atoms with van der Waals surface area (Å²) < 4.78 is 5.46. The Morgan fingerprint density at radius 1 is 1.50 bits per heavy atom. The third-order valence-electron chi connectivity index (χ3n) is 1.78. The molecule has 0 saturated heterocycles. The van der Waals surface area contributed by atoms with E-state index in [4.69, 9.17) is 9.52 Å². The highest BCUT2D eigenvalue weighted by molar-refractivity contribution is 5.20. The van der Waals surface area contributed by atoms with Crippen molar-refractivity contribution in [2.45, 2.75) is 33.8 Å². The van der Waals surface area contributed by atoms with Crippen molar-refractivity contribution >= 4 is 0 Å². The largest absolute Gasteiger partial charge is 0.466 e. The second-order valence-electron chi connectivity index (χ2n) is 3.56. The van der Waals surface area contributed by atoms with Gasteiger partial charge < -0.3 is 9.52 Å². The molecule has 0 amide bonds. The summed E-state index contributed by atoms with van der Waals surface area (Å²) in [6, 6.07) is 1.90. The molecule has 68 valence electrons. The minimum Gasteiger partial charge on any atom is -0.466 e. The van der Waals surface area contributed by atoms with Crippen LogP contribution in [0.1, 0.15) is 30.9 Å². The molecule has 0 saturated carbocycles. The average molecular weight is 168 g/mol. The molecule has 0 fully saturated rings. The third-order valence-corrected chi connectivity index (χ3v) is 1.78. The lowest BCUT2D eigenvalue weighted by Crippen LogP contribution is -1.95. The average Bonchev–Trinajstić information content (AvgIpc) is 2.29. The van der Waals surface area contributed by atoms with Crippen molar-refractivity contribution < 1.29 is 9.52 Å². The van der Waals surface area contributed by atoms with Crippen LogP contribution in [-0.2, 0) is 13.0 Å². The first kappa shape index (κ1) is 9.33. The number of hydrogen-bond donors (Lipinski definition) is 1. The Morgan fingerprint density at radius 2 is 2.17 bits per heavy atom. The summed E-state index contributed by atoms with van der Waals surface area (Å²) in [5.74, 6) is 2.39. The van der Waals surface area contributed by atoms with Gasteiger partial charge in [-0.25, -0.2) is 0 Å². The van der Waals surface area contributed by atoms with Crippen molar-refractivity contribution in [3.63, 3.8) is 0 Å². The summed E-state index contributed by atoms with van der Waals surface area (Å²) in [5, 5.41) is 8.98. The molecule has 0 aromatic carbocycles. The first-order chi connectivity index (χ1) is 5.63. The molecule has 1 rings (SSSR count). The lowest BCUT2D eigenvalue weighted by molar-refractivity contribution is 0.277. The van der Waals surface area contributed by atoms with Gasteiger partial charge in [0.1, 0.15) is 11.5 Å². The summed E-state index contributed by atoms with van der Waals surface area (Å²) in [6.45, 7) is 6.26. The molecular formula is C10H16O2. The SMILES string of the molecule is Cc1cc(CO)c(CC(C)C)o1. The monoisotopic (exact) mass is 168 g/mol. The molecule has 2 nitrogen and oxygen atoms in total. The Hall–Kier alpha value is -0.760.